The molecule has 0 fully saturated rings. The average Bonchev–Trinajstić information content (AvgIpc) is 2.41. The topological polar surface area (TPSA) is 78.9 Å². The van der Waals surface area contributed by atoms with Crippen molar-refractivity contribution in [3.05, 3.63) is 18.0 Å². The molecule has 6 nitrogen and oxygen atoms in total. The molecule has 1 aromatic heterocycles. The highest BCUT2D eigenvalue weighted by Crippen LogP contribution is 2.27. The van der Waals surface area contributed by atoms with E-state index >= 15 is 0 Å². The van der Waals surface area contributed by atoms with Crippen LogP contribution in [-0.2, 0) is 11.0 Å². The van der Waals surface area contributed by atoms with Crippen molar-refractivity contribution in [1.29, 1.82) is 0 Å². The van der Waals surface area contributed by atoms with Crippen LogP contribution in [0.2, 0.25) is 0 Å². The van der Waals surface area contributed by atoms with Gasteiger partial charge in [0, 0.05) is 32.3 Å². The minimum Gasteiger partial charge on any atom is -0.354 e. The van der Waals surface area contributed by atoms with E-state index in [4.69, 9.17) is 0 Å². The summed E-state index contributed by atoms with van der Waals surface area (Å²) in [4.78, 5) is 18.3. The Kier molecular flexibility index (Phi) is 8.63. The number of carbonyl (C=O) groups is 1. The van der Waals surface area contributed by atoms with Gasteiger partial charge in [-0.3, -0.25) is 4.79 Å². The number of amides is 1. The summed E-state index contributed by atoms with van der Waals surface area (Å²) in [6, 6.07) is 0.796. The van der Waals surface area contributed by atoms with E-state index in [0.717, 1.165) is 12.3 Å². The quantitative estimate of drug-likeness (QED) is 0.653. The molecule has 0 saturated heterocycles. The first-order chi connectivity index (χ1) is 9.43. The number of nitrogens with zero attached hydrogens (tertiary/aromatic N) is 2. The number of rotatable bonds is 7. The minimum atomic E-state index is -4.50. The van der Waals surface area contributed by atoms with Crippen molar-refractivity contribution in [2.45, 2.75) is 12.6 Å². The second-order valence-corrected chi connectivity index (χ2v) is 3.89. The van der Waals surface area contributed by atoms with Gasteiger partial charge in [-0.15, -0.1) is 12.4 Å². The number of aromatic nitrogens is 2. The molecular weight excluding hydrogens is 311 g/mol. The molecule has 120 valence electrons. The first-order valence-electron chi connectivity index (χ1n) is 5.99. The molecule has 0 radical (unpaired) electrons. The third-order valence-electron chi connectivity index (χ3n) is 2.28. The highest BCUT2D eigenvalue weighted by atomic mass is 35.5. The van der Waals surface area contributed by atoms with Crippen molar-refractivity contribution in [2.75, 3.05) is 32.0 Å². The van der Waals surface area contributed by atoms with Gasteiger partial charge in [0.2, 0.25) is 11.9 Å². The molecule has 0 aliphatic carbocycles. The maximum absolute atomic E-state index is 12.4. The molecule has 0 spiro atoms. The Bertz CT molecular complexity index is 444. The first-order valence-corrected chi connectivity index (χ1v) is 5.99. The van der Waals surface area contributed by atoms with Crippen LogP contribution in [0.4, 0.5) is 19.1 Å². The van der Waals surface area contributed by atoms with Gasteiger partial charge in [0.25, 0.3) is 0 Å². The molecule has 1 heterocycles. The van der Waals surface area contributed by atoms with Crippen LogP contribution in [-0.4, -0.2) is 42.6 Å². The molecule has 10 heteroatoms. The summed E-state index contributed by atoms with van der Waals surface area (Å²) in [5, 5.41) is 8.06. The molecule has 0 aliphatic heterocycles. The molecule has 0 unspecified atom stereocenters. The molecule has 0 bridgehead atoms. The van der Waals surface area contributed by atoms with E-state index in [1.165, 1.54) is 0 Å². The zero-order valence-corrected chi connectivity index (χ0v) is 12.1. The van der Waals surface area contributed by atoms with Crippen molar-refractivity contribution in [2.24, 2.45) is 0 Å². The second kappa shape index (κ2) is 9.35. The number of alkyl halides is 3. The second-order valence-electron chi connectivity index (χ2n) is 3.89. The first kappa shape index (κ1) is 19.4. The fourth-order valence-corrected chi connectivity index (χ4v) is 1.30. The van der Waals surface area contributed by atoms with E-state index in [1.807, 2.05) is 0 Å². The van der Waals surface area contributed by atoms with Gasteiger partial charge in [0.05, 0.1) is 0 Å². The summed E-state index contributed by atoms with van der Waals surface area (Å²) in [6.45, 7) is 1.09. The van der Waals surface area contributed by atoms with E-state index in [1.54, 1.807) is 7.05 Å². The molecule has 0 atom stereocenters. The van der Waals surface area contributed by atoms with Crippen LogP contribution >= 0.6 is 12.4 Å². The number of halogens is 4. The smallest absolute Gasteiger partial charge is 0.354 e. The predicted octanol–water partition coefficient (Wildman–Crippen LogP) is 1.05. The maximum Gasteiger partial charge on any atom is 0.433 e. The monoisotopic (exact) mass is 327 g/mol. The van der Waals surface area contributed by atoms with E-state index < -0.39 is 11.9 Å². The molecule has 0 saturated carbocycles. The van der Waals surface area contributed by atoms with Crippen LogP contribution in [0.15, 0.2) is 12.3 Å². The summed E-state index contributed by atoms with van der Waals surface area (Å²) in [6.07, 6.45) is -3.12. The van der Waals surface area contributed by atoms with Gasteiger partial charge >= 0.3 is 6.18 Å². The van der Waals surface area contributed by atoms with Crippen molar-refractivity contribution >= 4 is 24.3 Å². The number of hydrogen-bond acceptors (Lipinski definition) is 5. The lowest BCUT2D eigenvalue weighted by Gasteiger charge is -2.09. The molecular formula is C11H17ClF3N5O. The van der Waals surface area contributed by atoms with E-state index in [9.17, 15) is 18.0 Å². The normalized spacial score (nSPS) is 10.7. The van der Waals surface area contributed by atoms with Gasteiger partial charge in [-0.1, -0.05) is 0 Å². The summed E-state index contributed by atoms with van der Waals surface area (Å²) in [7, 11) is 1.74. The van der Waals surface area contributed by atoms with Crippen LogP contribution in [0.1, 0.15) is 12.1 Å². The zero-order valence-electron chi connectivity index (χ0n) is 11.3. The SMILES string of the molecule is CNCCC(=O)NCCNc1nccc(C(F)(F)F)n1.Cl. The Balaban J connectivity index is 0.00000400. The summed E-state index contributed by atoms with van der Waals surface area (Å²) >= 11 is 0. The fourth-order valence-electron chi connectivity index (χ4n) is 1.30. The van der Waals surface area contributed by atoms with Crippen LogP contribution in [0, 0.1) is 0 Å². The largest absolute Gasteiger partial charge is 0.433 e. The van der Waals surface area contributed by atoms with Crippen LogP contribution in [0.3, 0.4) is 0 Å². The minimum absolute atomic E-state index is 0. The van der Waals surface area contributed by atoms with Crippen molar-refractivity contribution in [3.8, 4) is 0 Å². The third kappa shape index (κ3) is 7.66. The van der Waals surface area contributed by atoms with Crippen molar-refractivity contribution < 1.29 is 18.0 Å². The Morgan fingerprint density at radius 3 is 2.62 bits per heavy atom. The van der Waals surface area contributed by atoms with Gasteiger partial charge in [0.15, 0.2) is 0 Å². The average molecular weight is 328 g/mol. The van der Waals surface area contributed by atoms with Gasteiger partial charge in [-0.2, -0.15) is 13.2 Å². The molecule has 0 aromatic carbocycles. The number of hydrogen-bond donors (Lipinski definition) is 3. The Labute approximate surface area is 126 Å². The fraction of sp³-hybridized carbons (Fsp3) is 0.545. The highest BCUT2D eigenvalue weighted by Gasteiger charge is 2.32. The van der Waals surface area contributed by atoms with Gasteiger partial charge in [-0.25, -0.2) is 9.97 Å². The standard InChI is InChI=1S/C11H16F3N5O.ClH/c1-15-4-3-9(20)16-6-7-18-10-17-5-2-8(19-10)11(12,13)14;/h2,5,15H,3-4,6-7H2,1H3,(H,16,20)(H,17,18,19);1H. The summed E-state index contributed by atoms with van der Waals surface area (Å²) in [5.74, 6) is -0.254. The number of nitrogens with one attached hydrogen (secondary N) is 3. The molecule has 0 aliphatic rings. The van der Waals surface area contributed by atoms with Crippen LogP contribution in [0.5, 0.6) is 0 Å². The molecule has 1 rings (SSSR count). The van der Waals surface area contributed by atoms with Crippen LogP contribution < -0.4 is 16.0 Å². The van der Waals surface area contributed by atoms with E-state index in [-0.39, 0.29) is 37.4 Å². The third-order valence-corrected chi connectivity index (χ3v) is 2.28. The van der Waals surface area contributed by atoms with E-state index in [2.05, 4.69) is 25.9 Å². The molecule has 3 N–H and O–H groups in total. The van der Waals surface area contributed by atoms with Crippen LogP contribution in [0.25, 0.3) is 0 Å². The van der Waals surface area contributed by atoms with Crippen molar-refractivity contribution in [1.82, 2.24) is 20.6 Å². The predicted molar refractivity (Wildman–Crippen MR) is 74.3 cm³/mol. The Hall–Kier alpha value is -1.61. The maximum atomic E-state index is 12.4. The van der Waals surface area contributed by atoms with Gasteiger partial charge in [-0.05, 0) is 13.1 Å². The summed E-state index contributed by atoms with van der Waals surface area (Å²) < 4.78 is 37.2. The van der Waals surface area contributed by atoms with Gasteiger partial charge < -0.3 is 16.0 Å². The zero-order chi connectivity index (χ0) is 15.0. The lowest BCUT2D eigenvalue weighted by Crippen LogP contribution is -2.31. The lowest BCUT2D eigenvalue weighted by molar-refractivity contribution is -0.141. The highest BCUT2D eigenvalue weighted by molar-refractivity contribution is 5.85. The Morgan fingerprint density at radius 1 is 1.29 bits per heavy atom. The van der Waals surface area contributed by atoms with E-state index in [0.29, 0.717) is 13.0 Å². The molecule has 1 amide bonds. The summed E-state index contributed by atoms with van der Waals surface area (Å²) in [5.41, 5.74) is -1.01. The number of anilines is 1. The Morgan fingerprint density at radius 2 is 2.00 bits per heavy atom. The number of carbonyl (C=O) groups excluding carboxylic acids is 1. The van der Waals surface area contributed by atoms with Gasteiger partial charge in [0.1, 0.15) is 5.69 Å². The molecule has 21 heavy (non-hydrogen) atoms. The lowest BCUT2D eigenvalue weighted by atomic mass is 10.4. The molecule has 1 aromatic rings. The van der Waals surface area contributed by atoms with Crippen molar-refractivity contribution in [3.63, 3.8) is 0 Å².